The van der Waals surface area contributed by atoms with Gasteiger partial charge in [0.25, 0.3) is 11.8 Å². The van der Waals surface area contributed by atoms with Crippen molar-refractivity contribution in [3.05, 3.63) is 53.2 Å². The second-order valence-corrected chi connectivity index (χ2v) is 9.06. The molecule has 4 amide bonds. The highest BCUT2D eigenvalue weighted by atomic mass is 32.1. The van der Waals surface area contributed by atoms with Crippen LogP contribution in [-0.2, 0) is 26.4 Å². The summed E-state index contributed by atoms with van der Waals surface area (Å²) in [6.07, 6.45) is 0.278. The van der Waals surface area contributed by atoms with E-state index in [2.05, 4.69) is 15.5 Å². The third kappa shape index (κ3) is 4.26. The van der Waals surface area contributed by atoms with Crippen molar-refractivity contribution in [2.75, 3.05) is 33.4 Å². The van der Waals surface area contributed by atoms with E-state index in [1.807, 2.05) is 17.5 Å². The number of urea groups is 1. The van der Waals surface area contributed by atoms with E-state index in [4.69, 9.17) is 13.9 Å². The Morgan fingerprint density at radius 1 is 1.26 bits per heavy atom. The first kappa shape index (κ1) is 23.0. The minimum absolute atomic E-state index is 0.0199. The van der Waals surface area contributed by atoms with Crippen molar-refractivity contribution in [2.45, 2.75) is 18.5 Å². The van der Waals surface area contributed by atoms with Gasteiger partial charge in [-0.15, -0.1) is 21.5 Å². The van der Waals surface area contributed by atoms with Crippen molar-refractivity contribution in [3.63, 3.8) is 0 Å². The summed E-state index contributed by atoms with van der Waals surface area (Å²) in [6.45, 7) is 0.343. The number of para-hydroxylation sites is 1. The second-order valence-electron chi connectivity index (χ2n) is 8.11. The molecule has 11 nitrogen and oxygen atoms in total. The number of hydrogen-bond donors (Lipinski definition) is 1. The van der Waals surface area contributed by atoms with Crippen molar-refractivity contribution in [3.8, 4) is 16.5 Å². The van der Waals surface area contributed by atoms with Gasteiger partial charge in [-0.25, -0.2) is 4.79 Å². The number of aromatic nitrogens is 2. The first-order chi connectivity index (χ1) is 17.0. The normalized spacial score (nSPS) is 18.9. The summed E-state index contributed by atoms with van der Waals surface area (Å²) in [5.41, 5.74) is -0.658. The molecule has 2 aliphatic rings. The zero-order valence-electron chi connectivity index (χ0n) is 18.9. The molecule has 182 valence electrons. The molecule has 0 aliphatic carbocycles. The van der Waals surface area contributed by atoms with Gasteiger partial charge in [-0.3, -0.25) is 14.5 Å². The smallest absolute Gasteiger partial charge is 0.325 e. The summed E-state index contributed by atoms with van der Waals surface area (Å²) in [6, 6.07) is 10.2. The molecule has 1 atom stereocenters. The van der Waals surface area contributed by atoms with Gasteiger partial charge in [-0.2, -0.15) is 0 Å². The maximum atomic E-state index is 13.5. The molecule has 2 aliphatic heterocycles. The second kappa shape index (κ2) is 9.47. The van der Waals surface area contributed by atoms with E-state index in [0.29, 0.717) is 17.2 Å². The van der Waals surface area contributed by atoms with Crippen LogP contribution in [-0.4, -0.2) is 71.3 Å². The lowest BCUT2D eigenvalue weighted by atomic mass is 9.84. The van der Waals surface area contributed by atoms with Crippen LogP contribution in [0.4, 0.5) is 4.79 Å². The van der Waals surface area contributed by atoms with E-state index in [0.717, 1.165) is 9.78 Å². The van der Waals surface area contributed by atoms with Gasteiger partial charge in [0, 0.05) is 25.6 Å². The Labute approximate surface area is 204 Å². The van der Waals surface area contributed by atoms with Crippen molar-refractivity contribution in [1.82, 2.24) is 25.3 Å². The van der Waals surface area contributed by atoms with Crippen LogP contribution >= 0.6 is 11.3 Å². The van der Waals surface area contributed by atoms with Crippen LogP contribution in [0.5, 0.6) is 5.75 Å². The molecule has 1 fully saturated rings. The number of benzene rings is 1. The minimum atomic E-state index is -1.24. The average Bonchev–Trinajstić information content (AvgIpc) is 3.60. The molecule has 1 aromatic carbocycles. The highest BCUT2D eigenvalue weighted by Crippen LogP contribution is 2.40. The summed E-state index contributed by atoms with van der Waals surface area (Å²) in [7, 11) is 1.52. The maximum absolute atomic E-state index is 13.5. The fraction of sp³-hybridized carbons (Fsp3) is 0.348. The average molecular weight is 498 g/mol. The Bertz CT molecular complexity index is 1240. The Balaban J connectivity index is 1.33. The molecular formula is C23H23N5O6S. The van der Waals surface area contributed by atoms with Crippen LogP contribution in [0.25, 0.3) is 10.8 Å². The number of rotatable bonds is 8. The highest BCUT2D eigenvalue weighted by molar-refractivity contribution is 7.13. The Morgan fingerprint density at radius 2 is 2.11 bits per heavy atom. The number of carbonyl (C=O) groups excluding carboxylic acids is 3. The number of carbonyl (C=O) groups is 3. The highest BCUT2D eigenvalue weighted by Gasteiger charge is 2.55. The van der Waals surface area contributed by atoms with Crippen molar-refractivity contribution >= 4 is 29.2 Å². The summed E-state index contributed by atoms with van der Waals surface area (Å²) in [5, 5.41) is 12.8. The van der Waals surface area contributed by atoms with Gasteiger partial charge in [0.05, 0.1) is 24.6 Å². The molecule has 0 radical (unpaired) electrons. The number of nitrogens with one attached hydrogen (secondary N) is 1. The molecule has 5 rings (SSSR count). The number of nitrogens with zero attached hydrogens (tertiary/aromatic N) is 4. The van der Waals surface area contributed by atoms with Crippen LogP contribution < -0.4 is 10.1 Å². The van der Waals surface area contributed by atoms with E-state index in [1.165, 1.54) is 23.3 Å². The van der Waals surface area contributed by atoms with Gasteiger partial charge in [-0.05, 0) is 17.5 Å². The van der Waals surface area contributed by atoms with Crippen LogP contribution in [0.15, 0.2) is 46.2 Å². The van der Waals surface area contributed by atoms with Crippen LogP contribution in [0.2, 0.25) is 0 Å². The predicted octanol–water partition coefficient (Wildman–Crippen LogP) is 2.00. The first-order valence-corrected chi connectivity index (χ1v) is 11.9. The fourth-order valence-corrected chi connectivity index (χ4v) is 4.87. The molecule has 0 unspecified atom stereocenters. The maximum Gasteiger partial charge on any atom is 0.325 e. The van der Waals surface area contributed by atoms with E-state index in [1.54, 1.807) is 24.3 Å². The van der Waals surface area contributed by atoms with Gasteiger partial charge in [0.15, 0.2) is 5.54 Å². The van der Waals surface area contributed by atoms with Crippen LogP contribution in [0.1, 0.15) is 17.9 Å². The lowest BCUT2D eigenvalue weighted by Gasteiger charge is -2.33. The number of hydrogen-bond acceptors (Lipinski definition) is 9. The van der Waals surface area contributed by atoms with Crippen LogP contribution in [0.3, 0.4) is 0 Å². The lowest BCUT2D eigenvalue weighted by Crippen LogP contribution is -2.48. The molecule has 12 heteroatoms. The molecule has 0 saturated carbocycles. The van der Waals surface area contributed by atoms with Gasteiger partial charge in [0.2, 0.25) is 11.8 Å². The fourth-order valence-electron chi connectivity index (χ4n) is 4.22. The van der Waals surface area contributed by atoms with Gasteiger partial charge < -0.3 is 24.1 Å². The molecule has 1 N–H and O–H groups in total. The molecule has 1 spiro atoms. The molecule has 1 saturated heterocycles. The van der Waals surface area contributed by atoms with Gasteiger partial charge in [0.1, 0.15) is 12.3 Å². The van der Waals surface area contributed by atoms with E-state index >= 15 is 0 Å². The Morgan fingerprint density at radius 3 is 2.91 bits per heavy atom. The molecule has 3 aromatic rings. The molecular weight excluding hydrogens is 474 g/mol. The third-order valence-corrected chi connectivity index (χ3v) is 6.85. The van der Waals surface area contributed by atoms with E-state index in [9.17, 15) is 14.4 Å². The lowest BCUT2D eigenvalue weighted by molar-refractivity contribution is -0.140. The van der Waals surface area contributed by atoms with E-state index < -0.39 is 29.9 Å². The molecule has 2 aromatic heterocycles. The SMILES string of the molecule is COCCN(Cc1nnc(-c2cccs2)o1)C(=O)CN1C(=O)N[C@]2(CCOc3ccccc32)C1=O. The quantitative estimate of drug-likeness (QED) is 0.468. The summed E-state index contributed by atoms with van der Waals surface area (Å²) >= 11 is 1.46. The monoisotopic (exact) mass is 497 g/mol. The van der Waals surface area contributed by atoms with Crippen molar-refractivity contribution in [2.24, 2.45) is 0 Å². The van der Waals surface area contributed by atoms with E-state index in [-0.39, 0.29) is 38.6 Å². The zero-order chi connectivity index (χ0) is 24.4. The summed E-state index contributed by atoms with van der Waals surface area (Å²) in [5.74, 6) is 0.225. The predicted molar refractivity (Wildman–Crippen MR) is 123 cm³/mol. The molecule has 0 bridgehead atoms. The molecule has 4 heterocycles. The zero-order valence-corrected chi connectivity index (χ0v) is 19.7. The number of imide groups is 1. The van der Waals surface area contributed by atoms with Crippen LogP contribution in [0, 0.1) is 0 Å². The number of methoxy groups -OCH3 is 1. The molecule has 35 heavy (non-hydrogen) atoms. The summed E-state index contributed by atoms with van der Waals surface area (Å²) in [4.78, 5) is 42.8. The van der Waals surface area contributed by atoms with Crippen molar-refractivity contribution < 1.29 is 28.3 Å². The number of fused-ring (bicyclic) bond motifs is 2. The number of ether oxygens (including phenoxy) is 2. The number of thiophene rings is 1. The van der Waals surface area contributed by atoms with Gasteiger partial charge >= 0.3 is 6.03 Å². The van der Waals surface area contributed by atoms with Gasteiger partial charge in [-0.1, -0.05) is 24.3 Å². The topological polar surface area (TPSA) is 127 Å². The standard InChI is InChI=1S/C23H23N5O6S/c1-32-11-9-27(13-18-25-26-20(34-18)17-7-4-12-35-17)19(29)14-28-21(30)23(24-22(28)31)8-10-33-16-6-3-2-5-15(16)23/h2-7,12H,8-11,13-14H2,1H3,(H,24,31)/t23-/m0/s1. The Kier molecular flexibility index (Phi) is 6.22. The third-order valence-electron chi connectivity index (χ3n) is 5.99. The van der Waals surface area contributed by atoms with Crippen molar-refractivity contribution in [1.29, 1.82) is 0 Å². The Hall–Kier alpha value is -3.77. The summed E-state index contributed by atoms with van der Waals surface area (Å²) < 4.78 is 16.5. The largest absolute Gasteiger partial charge is 0.493 e. The minimum Gasteiger partial charge on any atom is -0.493 e. The number of amides is 4. The first-order valence-electron chi connectivity index (χ1n) is 11.0.